The summed E-state index contributed by atoms with van der Waals surface area (Å²) < 4.78 is 6.04. The number of carbonyl (C=O) groups is 1. The minimum Gasteiger partial charge on any atom is -0.352 e. The second-order valence-corrected chi connectivity index (χ2v) is 5.74. The zero-order chi connectivity index (χ0) is 16.3. The monoisotopic (exact) mass is 307 g/mol. The second-order valence-electron chi connectivity index (χ2n) is 5.74. The highest BCUT2D eigenvalue weighted by atomic mass is 16.5. The number of hydrogen-bond acceptors (Lipinski definition) is 2. The lowest BCUT2D eigenvalue weighted by Gasteiger charge is -2.31. The molecule has 0 aromatic heterocycles. The van der Waals surface area contributed by atoms with Gasteiger partial charge in [-0.05, 0) is 30.5 Å². The molecule has 3 rings (SSSR count). The Morgan fingerprint density at radius 3 is 2.22 bits per heavy atom. The number of carbonyl (C=O) groups excluding carboxylic acids is 1. The van der Waals surface area contributed by atoms with Crippen LogP contribution in [0.4, 0.5) is 0 Å². The number of hydrogen-bond donors (Lipinski definition) is 1. The largest absolute Gasteiger partial charge is 0.352 e. The Hall–Kier alpha value is -2.39. The van der Waals surface area contributed by atoms with E-state index in [2.05, 4.69) is 17.4 Å². The average molecular weight is 307 g/mol. The van der Waals surface area contributed by atoms with Crippen molar-refractivity contribution >= 4 is 11.5 Å². The summed E-state index contributed by atoms with van der Waals surface area (Å²) in [5.41, 5.74) is 2.96. The van der Waals surface area contributed by atoms with E-state index in [0.717, 1.165) is 22.3 Å². The van der Waals surface area contributed by atoms with Crippen molar-refractivity contribution in [1.82, 2.24) is 5.32 Å². The molecule has 0 aliphatic carbocycles. The number of amides is 1. The van der Waals surface area contributed by atoms with E-state index in [1.807, 2.05) is 62.4 Å². The van der Waals surface area contributed by atoms with E-state index in [1.54, 1.807) is 0 Å². The molecule has 1 amide bonds. The highest BCUT2D eigenvalue weighted by Crippen LogP contribution is 2.36. The highest BCUT2D eigenvalue weighted by Gasteiger charge is 2.44. The normalized spacial score (nSPS) is 20.7. The van der Waals surface area contributed by atoms with Crippen molar-refractivity contribution in [3.8, 4) is 0 Å². The van der Waals surface area contributed by atoms with Gasteiger partial charge >= 0.3 is 0 Å². The minimum absolute atomic E-state index is 0.0712. The Balaban J connectivity index is 2.04. The molecule has 0 spiro atoms. The first-order valence-corrected chi connectivity index (χ1v) is 7.93. The molecule has 2 aromatic rings. The first-order valence-electron chi connectivity index (χ1n) is 7.93. The van der Waals surface area contributed by atoms with Gasteiger partial charge in [0.1, 0.15) is 0 Å². The highest BCUT2D eigenvalue weighted by molar-refractivity contribution is 6.23. The summed E-state index contributed by atoms with van der Waals surface area (Å²) in [7, 11) is 0. The minimum atomic E-state index is -0.766. The lowest BCUT2D eigenvalue weighted by Crippen LogP contribution is -2.48. The van der Waals surface area contributed by atoms with Crippen molar-refractivity contribution in [3.63, 3.8) is 0 Å². The van der Waals surface area contributed by atoms with E-state index in [1.165, 1.54) is 0 Å². The SMILES string of the molecule is CCOC1(Cc2ccccc2)NC(=O)C(c2ccccc2)=C1C. The number of nitrogens with one attached hydrogen (secondary N) is 1. The Bertz CT molecular complexity index is 722. The Morgan fingerprint density at radius 2 is 1.61 bits per heavy atom. The summed E-state index contributed by atoms with van der Waals surface area (Å²) in [6.07, 6.45) is 0.621. The van der Waals surface area contributed by atoms with E-state index >= 15 is 0 Å². The summed E-state index contributed by atoms with van der Waals surface area (Å²) in [4.78, 5) is 12.6. The first-order chi connectivity index (χ1) is 11.2. The molecule has 3 heteroatoms. The van der Waals surface area contributed by atoms with Gasteiger partial charge in [0.15, 0.2) is 5.72 Å². The van der Waals surface area contributed by atoms with Gasteiger partial charge in [-0.2, -0.15) is 0 Å². The molecule has 1 N–H and O–H groups in total. The van der Waals surface area contributed by atoms with Crippen LogP contribution in [-0.2, 0) is 16.0 Å². The third kappa shape index (κ3) is 2.92. The fraction of sp³-hybridized carbons (Fsp3) is 0.250. The average Bonchev–Trinajstić information content (AvgIpc) is 2.80. The Morgan fingerprint density at radius 1 is 1.00 bits per heavy atom. The first kappa shape index (κ1) is 15.5. The Kier molecular flexibility index (Phi) is 4.30. The van der Waals surface area contributed by atoms with Gasteiger partial charge in [0.05, 0.1) is 5.57 Å². The molecule has 2 aromatic carbocycles. The third-order valence-corrected chi connectivity index (χ3v) is 4.27. The maximum absolute atomic E-state index is 12.6. The summed E-state index contributed by atoms with van der Waals surface area (Å²) in [5.74, 6) is -0.0712. The maximum Gasteiger partial charge on any atom is 0.254 e. The van der Waals surface area contributed by atoms with Crippen LogP contribution in [0, 0.1) is 0 Å². The summed E-state index contributed by atoms with van der Waals surface area (Å²) in [6.45, 7) is 4.47. The van der Waals surface area contributed by atoms with Gasteiger partial charge in [0, 0.05) is 13.0 Å². The molecule has 1 aliphatic rings. The molecule has 0 bridgehead atoms. The number of ether oxygens (including phenoxy) is 1. The molecule has 0 radical (unpaired) electrons. The quantitative estimate of drug-likeness (QED) is 0.917. The van der Waals surface area contributed by atoms with Crippen molar-refractivity contribution in [3.05, 3.63) is 77.4 Å². The van der Waals surface area contributed by atoms with Gasteiger partial charge in [-0.1, -0.05) is 60.7 Å². The number of benzene rings is 2. The van der Waals surface area contributed by atoms with E-state index in [-0.39, 0.29) is 5.91 Å². The van der Waals surface area contributed by atoms with Crippen LogP contribution < -0.4 is 5.32 Å². The third-order valence-electron chi connectivity index (χ3n) is 4.27. The van der Waals surface area contributed by atoms with Crippen molar-refractivity contribution in [2.75, 3.05) is 6.61 Å². The van der Waals surface area contributed by atoms with Crippen molar-refractivity contribution in [1.29, 1.82) is 0 Å². The van der Waals surface area contributed by atoms with Crippen molar-refractivity contribution in [2.45, 2.75) is 26.0 Å². The summed E-state index contributed by atoms with van der Waals surface area (Å²) in [6, 6.07) is 19.9. The van der Waals surface area contributed by atoms with Crippen LogP contribution in [0.25, 0.3) is 5.57 Å². The predicted octanol–water partition coefficient (Wildman–Crippen LogP) is 3.57. The molecule has 3 nitrogen and oxygen atoms in total. The summed E-state index contributed by atoms with van der Waals surface area (Å²) in [5, 5.41) is 3.08. The number of rotatable bonds is 5. The van der Waals surface area contributed by atoms with Crippen LogP contribution in [0.1, 0.15) is 25.0 Å². The van der Waals surface area contributed by atoms with Gasteiger partial charge in [-0.3, -0.25) is 4.79 Å². The fourth-order valence-electron chi connectivity index (χ4n) is 3.17. The van der Waals surface area contributed by atoms with Crippen LogP contribution in [0.5, 0.6) is 0 Å². The molecule has 1 aliphatic heterocycles. The fourth-order valence-corrected chi connectivity index (χ4v) is 3.17. The molecular weight excluding hydrogens is 286 g/mol. The van der Waals surface area contributed by atoms with Crippen molar-refractivity contribution in [2.24, 2.45) is 0 Å². The molecule has 1 atom stereocenters. The standard InChI is InChI=1S/C20H21NO2/c1-3-23-20(14-16-10-6-4-7-11-16)15(2)18(19(22)21-20)17-12-8-5-9-13-17/h4-13H,3,14H2,1-2H3,(H,21,22). The zero-order valence-corrected chi connectivity index (χ0v) is 13.5. The lowest BCUT2D eigenvalue weighted by molar-refractivity contribution is -0.122. The van der Waals surface area contributed by atoms with E-state index < -0.39 is 5.72 Å². The summed E-state index contributed by atoms with van der Waals surface area (Å²) >= 11 is 0. The van der Waals surface area contributed by atoms with Gasteiger partial charge in [-0.15, -0.1) is 0 Å². The molecule has 1 unspecified atom stereocenters. The molecule has 0 saturated carbocycles. The smallest absolute Gasteiger partial charge is 0.254 e. The molecule has 23 heavy (non-hydrogen) atoms. The molecule has 0 fully saturated rings. The Labute approximate surface area is 137 Å². The molecular formula is C20H21NO2. The zero-order valence-electron chi connectivity index (χ0n) is 13.5. The van der Waals surface area contributed by atoms with E-state index in [0.29, 0.717) is 13.0 Å². The van der Waals surface area contributed by atoms with Gasteiger partial charge in [0.25, 0.3) is 5.91 Å². The second kappa shape index (κ2) is 6.39. The molecule has 1 heterocycles. The van der Waals surface area contributed by atoms with Crippen LogP contribution in [0.15, 0.2) is 66.2 Å². The van der Waals surface area contributed by atoms with Gasteiger partial charge in [0.2, 0.25) is 0 Å². The van der Waals surface area contributed by atoms with Crippen LogP contribution in [0.3, 0.4) is 0 Å². The van der Waals surface area contributed by atoms with Crippen LogP contribution in [0.2, 0.25) is 0 Å². The van der Waals surface area contributed by atoms with Crippen molar-refractivity contribution < 1.29 is 9.53 Å². The van der Waals surface area contributed by atoms with E-state index in [9.17, 15) is 4.79 Å². The molecule has 118 valence electrons. The predicted molar refractivity (Wildman–Crippen MR) is 91.7 cm³/mol. The van der Waals surface area contributed by atoms with Gasteiger partial charge in [-0.25, -0.2) is 0 Å². The lowest BCUT2D eigenvalue weighted by atomic mass is 9.93. The van der Waals surface area contributed by atoms with E-state index in [4.69, 9.17) is 4.74 Å². The molecule has 0 saturated heterocycles. The van der Waals surface area contributed by atoms with Gasteiger partial charge < -0.3 is 10.1 Å². The van der Waals surface area contributed by atoms with Crippen LogP contribution >= 0.6 is 0 Å². The maximum atomic E-state index is 12.6. The van der Waals surface area contributed by atoms with Crippen LogP contribution in [-0.4, -0.2) is 18.2 Å². The topological polar surface area (TPSA) is 38.3 Å².